The molecule has 1 atom stereocenters. The molecule has 2 N–H and O–H groups in total. The summed E-state index contributed by atoms with van der Waals surface area (Å²) in [6.07, 6.45) is 0.973. The van der Waals surface area contributed by atoms with Crippen LogP contribution in [0.5, 0.6) is 5.75 Å². The minimum atomic E-state index is -1.06. The van der Waals surface area contributed by atoms with E-state index in [0.717, 1.165) is 18.4 Å². The van der Waals surface area contributed by atoms with Crippen molar-refractivity contribution in [2.24, 2.45) is 0 Å². The highest BCUT2D eigenvalue weighted by atomic mass is 35.5. The van der Waals surface area contributed by atoms with E-state index in [9.17, 15) is 14.4 Å². The number of amides is 2. The van der Waals surface area contributed by atoms with E-state index in [0.29, 0.717) is 26.9 Å². The zero-order valence-electron chi connectivity index (χ0n) is 18.1. The summed E-state index contributed by atoms with van der Waals surface area (Å²) in [6.45, 7) is 3.29. The molecule has 0 aliphatic heterocycles. The minimum Gasteiger partial charge on any atom is -0.495 e. The van der Waals surface area contributed by atoms with Gasteiger partial charge in [-0.3, -0.25) is 9.59 Å². The maximum atomic E-state index is 12.7. The van der Waals surface area contributed by atoms with Gasteiger partial charge in [0, 0.05) is 22.0 Å². The number of ether oxygens (including phenoxy) is 2. The molecule has 3 rings (SSSR count). The van der Waals surface area contributed by atoms with E-state index in [1.165, 1.54) is 25.8 Å². The van der Waals surface area contributed by atoms with Crippen LogP contribution in [-0.2, 0) is 14.3 Å². The van der Waals surface area contributed by atoms with Crippen LogP contribution in [0.25, 0.3) is 0 Å². The summed E-state index contributed by atoms with van der Waals surface area (Å²) >= 11 is 7.36. The van der Waals surface area contributed by atoms with Gasteiger partial charge in [0.1, 0.15) is 5.75 Å². The Morgan fingerprint density at radius 2 is 1.94 bits per heavy atom. The quantitative estimate of drug-likeness (QED) is 0.416. The molecule has 0 bridgehead atoms. The number of thioether (sulfide) groups is 1. The van der Waals surface area contributed by atoms with Crippen molar-refractivity contribution in [2.45, 2.75) is 43.7 Å². The van der Waals surface area contributed by atoms with Crippen LogP contribution >= 0.6 is 23.4 Å². The van der Waals surface area contributed by atoms with Gasteiger partial charge >= 0.3 is 5.97 Å². The Labute approximate surface area is 196 Å². The van der Waals surface area contributed by atoms with Gasteiger partial charge in [0.15, 0.2) is 6.10 Å². The fourth-order valence-electron chi connectivity index (χ4n) is 2.84. The highest BCUT2D eigenvalue weighted by Gasteiger charge is 2.24. The predicted octanol–water partition coefficient (Wildman–Crippen LogP) is 4.21. The lowest BCUT2D eigenvalue weighted by molar-refractivity contribution is -0.123. The Hall–Kier alpha value is -2.71. The first-order valence-corrected chi connectivity index (χ1v) is 11.5. The summed E-state index contributed by atoms with van der Waals surface area (Å²) in [5.74, 6) is -0.615. The van der Waals surface area contributed by atoms with Gasteiger partial charge in [-0.15, -0.1) is 11.8 Å². The Kier molecular flexibility index (Phi) is 8.04. The van der Waals surface area contributed by atoms with Crippen molar-refractivity contribution in [2.75, 3.05) is 18.2 Å². The summed E-state index contributed by atoms with van der Waals surface area (Å²) in [4.78, 5) is 37.9. The lowest BCUT2D eigenvalue weighted by Gasteiger charge is -2.17. The van der Waals surface area contributed by atoms with Crippen molar-refractivity contribution in [3.05, 3.63) is 52.5 Å². The van der Waals surface area contributed by atoms with Crippen LogP contribution in [0.15, 0.2) is 41.3 Å². The third kappa shape index (κ3) is 6.40. The van der Waals surface area contributed by atoms with Gasteiger partial charge in [-0.25, -0.2) is 4.79 Å². The third-order valence-corrected chi connectivity index (χ3v) is 6.28. The van der Waals surface area contributed by atoms with Crippen molar-refractivity contribution in [1.29, 1.82) is 0 Å². The Bertz CT molecular complexity index is 1030. The number of hydrogen-bond donors (Lipinski definition) is 2. The number of methoxy groups -OCH3 is 1. The molecule has 0 aromatic heterocycles. The fourth-order valence-corrected chi connectivity index (χ4v) is 3.85. The number of carbonyl (C=O) groups is 3. The van der Waals surface area contributed by atoms with E-state index in [4.69, 9.17) is 21.1 Å². The molecule has 1 saturated carbocycles. The fraction of sp³-hybridized carbons (Fsp3) is 0.348. The molecule has 32 heavy (non-hydrogen) atoms. The third-order valence-electron chi connectivity index (χ3n) is 4.80. The molecule has 0 unspecified atom stereocenters. The first-order valence-electron chi connectivity index (χ1n) is 10.2. The van der Waals surface area contributed by atoms with E-state index < -0.39 is 18.0 Å². The molecular formula is C23H25ClN2O5S. The zero-order chi connectivity index (χ0) is 23.3. The van der Waals surface area contributed by atoms with E-state index in [1.54, 1.807) is 43.3 Å². The Morgan fingerprint density at radius 3 is 2.62 bits per heavy atom. The van der Waals surface area contributed by atoms with Crippen LogP contribution < -0.4 is 15.4 Å². The van der Waals surface area contributed by atoms with Gasteiger partial charge in [0.2, 0.25) is 5.91 Å². The number of carbonyl (C=O) groups excluding carboxylic acids is 3. The molecule has 0 radical (unpaired) electrons. The molecule has 0 saturated heterocycles. The van der Waals surface area contributed by atoms with Gasteiger partial charge in [-0.2, -0.15) is 0 Å². The molecule has 7 nitrogen and oxygen atoms in total. The molecular weight excluding hydrogens is 452 g/mol. The molecule has 0 spiro atoms. The highest BCUT2D eigenvalue weighted by Crippen LogP contribution is 2.31. The summed E-state index contributed by atoms with van der Waals surface area (Å²) in [5.41, 5.74) is 1.50. The number of hydrogen-bond acceptors (Lipinski definition) is 6. The van der Waals surface area contributed by atoms with Gasteiger partial charge in [0.25, 0.3) is 5.91 Å². The molecule has 1 aliphatic rings. The molecule has 9 heteroatoms. The lowest BCUT2D eigenvalue weighted by atomic mass is 10.2. The smallest absolute Gasteiger partial charge is 0.340 e. The first-order chi connectivity index (χ1) is 15.3. The Balaban J connectivity index is 1.62. The number of nitrogens with one attached hydrogen (secondary N) is 2. The van der Waals surface area contributed by atoms with Gasteiger partial charge in [-0.1, -0.05) is 23.7 Å². The standard InChI is InChI=1S/C23H25ClN2O5S/c1-13-10-18(19(30-3)11-17(13)24)26-22(28)14(2)31-23(29)16-6-4-5-7-20(16)32-12-21(27)25-15-8-9-15/h4-7,10-11,14-15H,8-9,12H2,1-3H3,(H,25,27)(H,26,28)/t14-/m1/s1. The maximum absolute atomic E-state index is 12.7. The van der Waals surface area contributed by atoms with Crippen molar-refractivity contribution in [1.82, 2.24) is 5.32 Å². The molecule has 2 aromatic rings. The summed E-state index contributed by atoms with van der Waals surface area (Å²) < 4.78 is 10.6. The highest BCUT2D eigenvalue weighted by molar-refractivity contribution is 8.00. The van der Waals surface area contributed by atoms with Gasteiger partial charge < -0.3 is 20.1 Å². The summed E-state index contributed by atoms with van der Waals surface area (Å²) in [5, 5.41) is 6.13. The van der Waals surface area contributed by atoms with Crippen molar-refractivity contribution in [3.63, 3.8) is 0 Å². The molecule has 1 aliphatic carbocycles. The topological polar surface area (TPSA) is 93.7 Å². The minimum absolute atomic E-state index is 0.0689. The second-order valence-electron chi connectivity index (χ2n) is 7.47. The second-order valence-corrected chi connectivity index (χ2v) is 8.89. The summed E-state index contributed by atoms with van der Waals surface area (Å²) in [7, 11) is 1.47. The predicted molar refractivity (Wildman–Crippen MR) is 125 cm³/mol. The van der Waals surface area contributed by atoms with Crippen LogP contribution in [-0.4, -0.2) is 42.8 Å². The average Bonchev–Trinajstić information content (AvgIpc) is 3.58. The summed E-state index contributed by atoms with van der Waals surface area (Å²) in [6, 6.07) is 10.4. The van der Waals surface area contributed by atoms with Crippen LogP contribution in [0, 0.1) is 6.92 Å². The number of rotatable bonds is 9. The zero-order valence-corrected chi connectivity index (χ0v) is 19.6. The van der Waals surface area contributed by atoms with E-state index in [-0.39, 0.29) is 17.7 Å². The van der Waals surface area contributed by atoms with Crippen LogP contribution in [0.1, 0.15) is 35.7 Å². The second kappa shape index (κ2) is 10.7. The number of esters is 1. The molecule has 1 fully saturated rings. The monoisotopic (exact) mass is 476 g/mol. The SMILES string of the molecule is COc1cc(Cl)c(C)cc1NC(=O)[C@@H](C)OC(=O)c1ccccc1SCC(=O)NC1CC1. The van der Waals surface area contributed by atoms with Gasteiger partial charge in [0.05, 0.1) is 24.1 Å². The van der Waals surface area contributed by atoms with Gasteiger partial charge in [-0.05, 0) is 50.5 Å². The number of benzene rings is 2. The first kappa shape index (κ1) is 23.9. The number of anilines is 1. The molecule has 0 heterocycles. The van der Waals surface area contributed by atoms with Crippen molar-refractivity contribution < 1.29 is 23.9 Å². The number of halogens is 1. The lowest BCUT2D eigenvalue weighted by Crippen LogP contribution is -2.30. The van der Waals surface area contributed by atoms with Crippen LogP contribution in [0.3, 0.4) is 0 Å². The number of aryl methyl sites for hydroxylation is 1. The van der Waals surface area contributed by atoms with Crippen molar-refractivity contribution in [3.8, 4) is 5.75 Å². The maximum Gasteiger partial charge on any atom is 0.340 e. The van der Waals surface area contributed by atoms with Crippen LogP contribution in [0.2, 0.25) is 5.02 Å². The molecule has 2 aromatic carbocycles. The van der Waals surface area contributed by atoms with E-state index >= 15 is 0 Å². The molecule has 2 amide bonds. The molecule has 170 valence electrons. The largest absolute Gasteiger partial charge is 0.495 e. The normalized spacial score (nSPS) is 13.8. The van der Waals surface area contributed by atoms with E-state index in [2.05, 4.69) is 10.6 Å². The van der Waals surface area contributed by atoms with Crippen molar-refractivity contribution >= 4 is 46.8 Å². The average molecular weight is 477 g/mol. The van der Waals surface area contributed by atoms with E-state index in [1.807, 2.05) is 0 Å². The Morgan fingerprint density at radius 1 is 1.22 bits per heavy atom. The van der Waals surface area contributed by atoms with Crippen LogP contribution in [0.4, 0.5) is 5.69 Å².